The van der Waals surface area contributed by atoms with Gasteiger partial charge in [-0.15, -0.1) is 0 Å². The van der Waals surface area contributed by atoms with Crippen LogP contribution in [0.2, 0.25) is 0 Å². The second-order valence-electron chi connectivity index (χ2n) is 5.04. The van der Waals surface area contributed by atoms with E-state index in [0.717, 1.165) is 42.4 Å². The fourth-order valence-electron chi connectivity index (χ4n) is 2.59. The van der Waals surface area contributed by atoms with Crippen molar-refractivity contribution in [3.05, 3.63) is 59.5 Å². The topological polar surface area (TPSA) is 29.5 Å². The summed E-state index contributed by atoms with van der Waals surface area (Å²) in [5, 5.41) is 10.6. The summed E-state index contributed by atoms with van der Waals surface area (Å²) < 4.78 is 8.81. The highest BCUT2D eigenvalue weighted by atomic mass is 127. The maximum absolute atomic E-state index is 10.6. The van der Waals surface area contributed by atoms with Crippen molar-refractivity contribution in [1.82, 2.24) is 0 Å². The molecule has 0 spiro atoms. The molecule has 0 saturated heterocycles. The van der Waals surface area contributed by atoms with Gasteiger partial charge in [0.1, 0.15) is 5.75 Å². The predicted octanol–water partition coefficient (Wildman–Crippen LogP) is 5.03. The molecule has 2 aromatic rings. The van der Waals surface area contributed by atoms with Gasteiger partial charge in [-0.1, -0.05) is 31.9 Å². The van der Waals surface area contributed by atoms with E-state index in [1.807, 2.05) is 24.3 Å². The molecule has 1 aliphatic heterocycles. The highest BCUT2D eigenvalue weighted by molar-refractivity contribution is 14.1. The number of aliphatic hydroxyl groups is 1. The van der Waals surface area contributed by atoms with Gasteiger partial charge in [0.25, 0.3) is 0 Å². The van der Waals surface area contributed by atoms with Crippen molar-refractivity contribution in [2.45, 2.75) is 18.9 Å². The van der Waals surface area contributed by atoms with E-state index >= 15 is 0 Å². The number of ether oxygens (including phenoxy) is 1. The highest BCUT2D eigenvalue weighted by Crippen LogP contribution is 2.36. The van der Waals surface area contributed by atoms with Gasteiger partial charge in [-0.2, -0.15) is 0 Å². The van der Waals surface area contributed by atoms with Gasteiger partial charge in [0.2, 0.25) is 0 Å². The Bertz CT molecular complexity index is 688. The van der Waals surface area contributed by atoms with Crippen LogP contribution in [0.25, 0.3) is 0 Å². The summed E-state index contributed by atoms with van der Waals surface area (Å²) in [5.74, 6) is 0.944. The highest BCUT2D eigenvalue weighted by Gasteiger charge is 2.21. The Morgan fingerprint density at radius 2 is 2.05 bits per heavy atom. The van der Waals surface area contributed by atoms with Gasteiger partial charge in [0, 0.05) is 25.4 Å². The zero-order valence-electron chi connectivity index (χ0n) is 11.1. The Balaban J connectivity index is 1.92. The number of rotatable bonds is 3. The third-order valence-corrected chi connectivity index (χ3v) is 5.41. The molecule has 1 heterocycles. The van der Waals surface area contributed by atoms with Gasteiger partial charge < -0.3 is 9.84 Å². The number of hydrogen-bond donors (Lipinski definition) is 1. The standard InChI is InChI=1S/C16H13Br2IO2/c17-11-5-9-3-4-21-16(9)10(6-11)7-15(20)13-8-12(19)1-2-14(13)18/h1-2,5-6,8,15,20H,3-4,7H2. The van der Waals surface area contributed by atoms with Crippen LogP contribution >= 0.6 is 54.5 Å². The number of benzene rings is 2. The van der Waals surface area contributed by atoms with Crippen LogP contribution in [-0.2, 0) is 12.8 Å². The summed E-state index contributed by atoms with van der Waals surface area (Å²) in [6.45, 7) is 0.724. The molecule has 0 aliphatic carbocycles. The van der Waals surface area contributed by atoms with Gasteiger partial charge in [0.15, 0.2) is 0 Å². The van der Waals surface area contributed by atoms with Crippen LogP contribution in [0, 0.1) is 3.57 Å². The van der Waals surface area contributed by atoms with Crippen LogP contribution in [0.4, 0.5) is 0 Å². The van der Waals surface area contributed by atoms with E-state index in [4.69, 9.17) is 4.74 Å². The fourth-order valence-corrected chi connectivity index (χ4v) is 4.16. The Hall–Kier alpha value is -0.110. The predicted molar refractivity (Wildman–Crippen MR) is 98.9 cm³/mol. The SMILES string of the molecule is OC(Cc1cc(Br)cc2c1OCC2)c1cc(I)ccc1Br. The average Bonchev–Trinajstić information content (AvgIpc) is 2.89. The van der Waals surface area contributed by atoms with Crippen molar-refractivity contribution >= 4 is 54.5 Å². The minimum absolute atomic E-state index is 0.542. The summed E-state index contributed by atoms with van der Waals surface area (Å²) in [7, 11) is 0. The molecule has 5 heteroatoms. The average molecular weight is 524 g/mol. The minimum Gasteiger partial charge on any atom is -0.493 e. The van der Waals surface area contributed by atoms with Crippen molar-refractivity contribution in [3.63, 3.8) is 0 Å². The van der Waals surface area contributed by atoms with Crippen molar-refractivity contribution in [3.8, 4) is 5.75 Å². The Morgan fingerprint density at radius 1 is 1.24 bits per heavy atom. The van der Waals surface area contributed by atoms with E-state index < -0.39 is 6.10 Å². The maximum atomic E-state index is 10.6. The maximum Gasteiger partial charge on any atom is 0.125 e. The lowest BCUT2D eigenvalue weighted by Gasteiger charge is -2.16. The van der Waals surface area contributed by atoms with Crippen molar-refractivity contribution in [2.75, 3.05) is 6.61 Å². The molecule has 1 aliphatic rings. The molecular formula is C16H13Br2IO2. The molecule has 0 amide bonds. The molecule has 1 atom stereocenters. The van der Waals surface area contributed by atoms with Gasteiger partial charge in [0.05, 0.1) is 12.7 Å². The largest absolute Gasteiger partial charge is 0.493 e. The van der Waals surface area contributed by atoms with E-state index in [-0.39, 0.29) is 0 Å². The van der Waals surface area contributed by atoms with E-state index in [1.54, 1.807) is 0 Å². The van der Waals surface area contributed by atoms with E-state index in [2.05, 4.69) is 60.5 Å². The molecule has 0 saturated carbocycles. The number of hydrogen-bond acceptors (Lipinski definition) is 2. The van der Waals surface area contributed by atoms with Crippen LogP contribution in [0.15, 0.2) is 39.3 Å². The van der Waals surface area contributed by atoms with E-state index in [9.17, 15) is 5.11 Å². The molecular weight excluding hydrogens is 511 g/mol. The Labute approximate surface area is 154 Å². The molecule has 0 aromatic heterocycles. The second-order valence-corrected chi connectivity index (χ2v) is 8.05. The molecule has 2 nitrogen and oxygen atoms in total. The number of aliphatic hydroxyl groups excluding tert-OH is 1. The molecule has 0 radical (unpaired) electrons. The Kier molecular flexibility index (Phi) is 4.93. The van der Waals surface area contributed by atoms with Crippen molar-refractivity contribution in [2.24, 2.45) is 0 Å². The summed E-state index contributed by atoms with van der Waals surface area (Å²) in [4.78, 5) is 0. The quantitative estimate of drug-likeness (QED) is 0.572. The number of halogens is 3. The zero-order valence-corrected chi connectivity index (χ0v) is 16.4. The zero-order chi connectivity index (χ0) is 15.0. The van der Waals surface area contributed by atoms with Crippen molar-refractivity contribution < 1.29 is 9.84 Å². The molecule has 3 rings (SSSR count). The lowest BCUT2D eigenvalue weighted by Crippen LogP contribution is -2.04. The molecule has 1 N–H and O–H groups in total. The third kappa shape index (κ3) is 3.46. The fraction of sp³-hybridized carbons (Fsp3) is 0.250. The smallest absolute Gasteiger partial charge is 0.125 e. The molecule has 0 fully saturated rings. The molecule has 1 unspecified atom stereocenters. The lowest BCUT2D eigenvalue weighted by molar-refractivity contribution is 0.176. The van der Waals surface area contributed by atoms with E-state index in [1.165, 1.54) is 5.56 Å². The lowest BCUT2D eigenvalue weighted by atomic mass is 9.99. The van der Waals surface area contributed by atoms with Crippen LogP contribution in [0.5, 0.6) is 5.75 Å². The minimum atomic E-state index is -0.559. The summed E-state index contributed by atoms with van der Waals surface area (Å²) in [6, 6.07) is 10.1. The van der Waals surface area contributed by atoms with Gasteiger partial charge in [-0.3, -0.25) is 0 Å². The molecule has 110 valence electrons. The van der Waals surface area contributed by atoms with Crippen LogP contribution < -0.4 is 4.74 Å². The summed E-state index contributed by atoms with van der Waals surface area (Å²) in [6.07, 6.45) is 0.919. The molecule has 0 bridgehead atoms. The van der Waals surface area contributed by atoms with Crippen molar-refractivity contribution in [1.29, 1.82) is 0 Å². The first-order chi connectivity index (χ1) is 10.0. The monoisotopic (exact) mass is 522 g/mol. The van der Waals surface area contributed by atoms with Gasteiger partial charge in [-0.05, 0) is 69.6 Å². The van der Waals surface area contributed by atoms with E-state index in [0.29, 0.717) is 6.42 Å². The summed E-state index contributed by atoms with van der Waals surface area (Å²) >= 11 is 9.31. The van der Waals surface area contributed by atoms with Gasteiger partial charge in [-0.25, -0.2) is 0 Å². The van der Waals surface area contributed by atoms with Crippen LogP contribution in [0.3, 0.4) is 0 Å². The number of fused-ring (bicyclic) bond motifs is 1. The summed E-state index contributed by atoms with van der Waals surface area (Å²) in [5.41, 5.74) is 3.18. The second kappa shape index (κ2) is 6.56. The normalized spacial score (nSPS) is 14.7. The van der Waals surface area contributed by atoms with Crippen LogP contribution in [-0.4, -0.2) is 11.7 Å². The first kappa shape index (κ1) is 15.8. The molecule has 2 aromatic carbocycles. The first-order valence-corrected chi connectivity index (χ1v) is 9.28. The first-order valence-electron chi connectivity index (χ1n) is 6.61. The molecule has 21 heavy (non-hydrogen) atoms. The van der Waals surface area contributed by atoms with Crippen LogP contribution in [0.1, 0.15) is 22.8 Å². The van der Waals surface area contributed by atoms with Gasteiger partial charge >= 0.3 is 0 Å². The Morgan fingerprint density at radius 3 is 2.86 bits per heavy atom. The third-order valence-electron chi connectivity index (χ3n) is 3.56.